The topological polar surface area (TPSA) is 110 Å². The van der Waals surface area contributed by atoms with E-state index in [0.29, 0.717) is 5.69 Å². The van der Waals surface area contributed by atoms with Gasteiger partial charge in [-0.25, -0.2) is 21.2 Å². The number of hydrogen-bond acceptors (Lipinski definition) is 6. The molecule has 2 atom stereocenters. The molecule has 11 heteroatoms. The van der Waals surface area contributed by atoms with Crippen LogP contribution in [0.25, 0.3) is 0 Å². The summed E-state index contributed by atoms with van der Waals surface area (Å²) < 4.78 is 70.2. The van der Waals surface area contributed by atoms with E-state index in [1.807, 2.05) is 13.8 Å². The molecule has 0 bridgehead atoms. The molecule has 3 rings (SSSR count). The van der Waals surface area contributed by atoms with E-state index in [4.69, 9.17) is 4.74 Å². The highest BCUT2D eigenvalue weighted by Gasteiger charge is 2.32. The first-order valence-electron chi connectivity index (χ1n) is 10.0. The minimum absolute atomic E-state index is 0.0620. The molecule has 8 nitrogen and oxygen atoms in total. The Balaban J connectivity index is 1.60. The highest BCUT2D eigenvalue weighted by atomic mass is 32.2. The maximum Gasteiger partial charge on any atom is 0.243 e. The molecule has 0 aromatic heterocycles. The maximum absolute atomic E-state index is 13.0. The smallest absolute Gasteiger partial charge is 0.243 e. The van der Waals surface area contributed by atoms with Crippen molar-refractivity contribution in [1.29, 1.82) is 0 Å². The Labute approximate surface area is 187 Å². The van der Waals surface area contributed by atoms with Gasteiger partial charge in [0.1, 0.15) is 5.82 Å². The molecule has 1 N–H and O–H groups in total. The lowest BCUT2D eigenvalue weighted by molar-refractivity contribution is -0.115. The quantitative estimate of drug-likeness (QED) is 0.605. The summed E-state index contributed by atoms with van der Waals surface area (Å²) in [5.41, 5.74) is 0.344. The van der Waals surface area contributed by atoms with Crippen molar-refractivity contribution in [2.75, 3.05) is 24.2 Å². The van der Waals surface area contributed by atoms with Gasteiger partial charge in [-0.05, 0) is 62.4 Å². The number of nitrogens with one attached hydrogen (secondary N) is 1. The molecule has 1 amide bonds. The van der Waals surface area contributed by atoms with Crippen LogP contribution < -0.4 is 5.32 Å². The van der Waals surface area contributed by atoms with Crippen molar-refractivity contribution in [2.24, 2.45) is 0 Å². The molecular formula is C21H25FN2O6S2. The summed E-state index contributed by atoms with van der Waals surface area (Å²) in [4.78, 5) is 12.2. The molecule has 0 aliphatic carbocycles. The number of carbonyl (C=O) groups excluding carboxylic acids is 1. The van der Waals surface area contributed by atoms with Crippen LogP contribution in [0.1, 0.15) is 20.3 Å². The summed E-state index contributed by atoms with van der Waals surface area (Å²) >= 11 is 0. The van der Waals surface area contributed by atoms with Gasteiger partial charge in [0.05, 0.1) is 27.8 Å². The van der Waals surface area contributed by atoms with Crippen molar-refractivity contribution in [3.8, 4) is 0 Å². The fourth-order valence-corrected chi connectivity index (χ4v) is 6.23. The number of nitrogens with zero attached hydrogens (tertiary/aromatic N) is 1. The molecule has 32 heavy (non-hydrogen) atoms. The van der Waals surface area contributed by atoms with Crippen molar-refractivity contribution in [3.63, 3.8) is 0 Å². The van der Waals surface area contributed by atoms with Crippen LogP contribution in [0.3, 0.4) is 0 Å². The number of halogens is 1. The van der Waals surface area contributed by atoms with Gasteiger partial charge in [0.2, 0.25) is 15.9 Å². The Kier molecular flexibility index (Phi) is 7.33. The van der Waals surface area contributed by atoms with E-state index in [-0.39, 0.29) is 41.5 Å². The first-order valence-corrected chi connectivity index (χ1v) is 13.1. The molecule has 0 saturated carbocycles. The minimum Gasteiger partial charge on any atom is -0.373 e. The SMILES string of the molecule is C[C@@H]1CN(S(=O)(=O)c2ccc(NC(=O)CCS(=O)(=O)c3ccc(F)cc3)cc2)C[C@@H](C)O1. The van der Waals surface area contributed by atoms with E-state index in [2.05, 4.69) is 5.32 Å². The molecule has 1 aliphatic rings. The lowest BCUT2D eigenvalue weighted by atomic mass is 10.3. The van der Waals surface area contributed by atoms with Gasteiger partial charge in [0.15, 0.2) is 9.84 Å². The van der Waals surface area contributed by atoms with Crippen LogP contribution in [-0.2, 0) is 29.4 Å². The minimum atomic E-state index is -3.73. The number of ether oxygens (including phenoxy) is 1. The van der Waals surface area contributed by atoms with Crippen LogP contribution in [0.2, 0.25) is 0 Å². The van der Waals surface area contributed by atoms with Gasteiger partial charge in [0, 0.05) is 25.2 Å². The van der Waals surface area contributed by atoms with Gasteiger partial charge in [-0.1, -0.05) is 0 Å². The second kappa shape index (κ2) is 9.65. The molecule has 1 heterocycles. The Morgan fingerprint density at radius 2 is 1.50 bits per heavy atom. The van der Waals surface area contributed by atoms with Gasteiger partial charge < -0.3 is 10.1 Å². The molecule has 1 fully saturated rings. The van der Waals surface area contributed by atoms with Crippen LogP contribution in [0.4, 0.5) is 10.1 Å². The molecule has 2 aromatic carbocycles. The van der Waals surface area contributed by atoms with Crippen LogP contribution >= 0.6 is 0 Å². The fourth-order valence-electron chi connectivity index (χ4n) is 3.40. The van der Waals surface area contributed by atoms with E-state index in [0.717, 1.165) is 24.3 Å². The van der Waals surface area contributed by atoms with E-state index in [9.17, 15) is 26.0 Å². The first-order chi connectivity index (χ1) is 15.0. The zero-order valence-corrected chi connectivity index (χ0v) is 19.3. The maximum atomic E-state index is 13.0. The monoisotopic (exact) mass is 484 g/mol. The van der Waals surface area contributed by atoms with Gasteiger partial charge in [0.25, 0.3) is 0 Å². The zero-order valence-electron chi connectivity index (χ0n) is 17.7. The molecule has 2 aromatic rings. The second-order valence-electron chi connectivity index (χ2n) is 7.67. The Morgan fingerprint density at radius 1 is 0.969 bits per heavy atom. The summed E-state index contributed by atoms with van der Waals surface area (Å²) in [6, 6.07) is 10.1. The molecule has 1 aliphatic heterocycles. The molecule has 0 spiro atoms. The van der Waals surface area contributed by atoms with Crippen LogP contribution in [0.5, 0.6) is 0 Å². The summed E-state index contributed by atoms with van der Waals surface area (Å²) in [5.74, 6) is -1.53. The highest BCUT2D eigenvalue weighted by Crippen LogP contribution is 2.22. The molecule has 1 saturated heterocycles. The van der Waals surface area contributed by atoms with Crippen molar-refractivity contribution in [2.45, 2.75) is 42.3 Å². The summed E-state index contributed by atoms with van der Waals surface area (Å²) in [5, 5.41) is 2.56. The van der Waals surface area contributed by atoms with Crippen molar-refractivity contribution in [3.05, 3.63) is 54.3 Å². The van der Waals surface area contributed by atoms with Crippen molar-refractivity contribution in [1.82, 2.24) is 4.31 Å². The van der Waals surface area contributed by atoms with Crippen LogP contribution in [-0.4, -0.2) is 58.1 Å². The number of carbonyl (C=O) groups is 1. The predicted molar refractivity (Wildman–Crippen MR) is 117 cm³/mol. The third-order valence-electron chi connectivity index (χ3n) is 4.93. The normalized spacial score (nSPS) is 20.1. The van der Waals surface area contributed by atoms with E-state index in [1.54, 1.807) is 0 Å². The average Bonchev–Trinajstić information content (AvgIpc) is 2.72. The van der Waals surface area contributed by atoms with E-state index < -0.39 is 37.3 Å². The standard InChI is InChI=1S/C21H25FN2O6S2/c1-15-13-24(14-16(2)30-15)32(28,29)20-9-5-18(6-10-20)23-21(25)11-12-31(26,27)19-7-3-17(22)4-8-19/h3-10,15-16H,11-14H2,1-2H3,(H,23,25)/t15-,16-/m1/s1. The lowest BCUT2D eigenvalue weighted by Crippen LogP contribution is -2.48. The number of amides is 1. The summed E-state index contributed by atoms with van der Waals surface area (Å²) in [7, 11) is -7.44. The lowest BCUT2D eigenvalue weighted by Gasteiger charge is -2.34. The summed E-state index contributed by atoms with van der Waals surface area (Å²) in [6.07, 6.45) is -0.722. The second-order valence-corrected chi connectivity index (χ2v) is 11.7. The zero-order chi connectivity index (χ0) is 23.5. The van der Waals surface area contributed by atoms with E-state index >= 15 is 0 Å². The number of benzene rings is 2. The molecule has 0 unspecified atom stereocenters. The third-order valence-corrected chi connectivity index (χ3v) is 8.51. The fraction of sp³-hybridized carbons (Fsp3) is 0.381. The average molecular weight is 485 g/mol. The van der Waals surface area contributed by atoms with Gasteiger partial charge in [-0.2, -0.15) is 4.31 Å². The Hall–Kier alpha value is -2.34. The van der Waals surface area contributed by atoms with Crippen LogP contribution in [0, 0.1) is 5.82 Å². The van der Waals surface area contributed by atoms with Gasteiger partial charge in [-0.3, -0.25) is 4.79 Å². The first kappa shape index (κ1) is 24.3. The number of rotatable bonds is 7. The largest absolute Gasteiger partial charge is 0.373 e. The van der Waals surface area contributed by atoms with E-state index in [1.165, 1.54) is 28.6 Å². The molecule has 174 valence electrons. The van der Waals surface area contributed by atoms with Gasteiger partial charge >= 0.3 is 0 Å². The number of hydrogen-bond donors (Lipinski definition) is 1. The van der Waals surface area contributed by atoms with Crippen LogP contribution in [0.15, 0.2) is 58.3 Å². The Morgan fingerprint density at radius 3 is 2.06 bits per heavy atom. The Bertz CT molecular complexity index is 1160. The molecule has 0 radical (unpaired) electrons. The number of anilines is 1. The number of sulfone groups is 1. The van der Waals surface area contributed by atoms with Gasteiger partial charge in [-0.15, -0.1) is 0 Å². The number of morpholine rings is 1. The summed E-state index contributed by atoms with van der Waals surface area (Å²) in [6.45, 7) is 4.14. The third kappa shape index (κ3) is 5.91. The van der Waals surface area contributed by atoms with Crippen molar-refractivity contribution < 1.29 is 30.8 Å². The predicted octanol–water partition coefficient (Wildman–Crippen LogP) is 2.43. The molecular weight excluding hydrogens is 459 g/mol. The number of sulfonamides is 1. The van der Waals surface area contributed by atoms with Crippen molar-refractivity contribution >= 4 is 31.5 Å². The highest BCUT2D eigenvalue weighted by molar-refractivity contribution is 7.91.